The van der Waals surface area contributed by atoms with E-state index in [-0.39, 0.29) is 17.1 Å². The molecule has 0 saturated heterocycles. The van der Waals surface area contributed by atoms with E-state index >= 15 is 0 Å². The maximum atomic E-state index is 12.4. The average Bonchev–Trinajstić information content (AvgIpc) is 2.68. The summed E-state index contributed by atoms with van der Waals surface area (Å²) in [6.45, 7) is 2.55. The molecule has 2 rings (SSSR count). The van der Waals surface area contributed by atoms with Crippen LogP contribution in [-0.4, -0.2) is 28.8 Å². The second kappa shape index (κ2) is 9.79. The van der Waals surface area contributed by atoms with E-state index in [0.29, 0.717) is 5.56 Å². The Morgan fingerprint density at radius 2 is 1.69 bits per heavy atom. The van der Waals surface area contributed by atoms with Gasteiger partial charge in [0, 0.05) is 13.0 Å². The van der Waals surface area contributed by atoms with Crippen molar-refractivity contribution in [3.8, 4) is 0 Å². The highest BCUT2D eigenvalue weighted by Gasteiger charge is 2.23. The second-order valence-corrected chi connectivity index (χ2v) is 5.96. The molecular formula is C20H19N3O6. The van der Waals surface area contributed by atoms with Crippen LogP contribution in [0.5, 0.6) is 0 Å². The number of nitrogens with zero attached hydrogens (tertiary/aromatic N) is 1. The number of nitrogens with one attached hydrogen (secondary N) is 2. The van der Waals surface area contributed by atoms with Gasteiger partial charge in [-0.3, -0.25) is 19.7 Å². The minimum absolute atomic E-state index is 0.0210. The van der Waals surface area contributed by atoms with Crippen molar-refractivity contribution in [2.75, 3.05) is 5.32 Å². The normalized spacial score (nSPS) is 11.9. The Bertz CT molecular complexity index is 956. The van der Waals surface area contributed by atoms with Gasteiger partial charge in [-0.2, -0.15) is 0 Å². The molecule has 0 radical (unpaired) electrons. The number of rotatable bonds is 7. The minimum atomic E-state index is -1.27. The van der Waals surface area contributed by atoms with E-state index in [1.54, 1.807) is 30.3 Å². The number of nitro groups is 1. The summed E-state index contributed by atoms with van der Waals surface area (Å²) in [6, 6.07) is 14.3. The Balaban J connectivity index is 2.12. The summed E-state index contributed by atoms with van der Waals surface area (Å²) < 4.78 is 5.12. The van der Waals surface area contributed by atoms with E-state index in [1.807, 2.05) is 0 Å². The molecular weight excluding hydrogens is 378 g/mol. The van der Waals surface area contributed by atoms with Gasteiger partial charge in [0.1, 0.15) is 11.4 Å². The first-order valence-corrected chi connectivity index (χ1v) is 8.57. The molecule has 0 spiro atoms. The molecule has 0 aliphatic heterocycles. The zero-order valence-corrected chi connectivity index (χ0v) is 15.7. The van der Waals surface area contributed by atoms with Crippen molar-refractivity contribution >= 4 is 35.2 Å². The smallest absolute Gasteiger partial charge is 0.355 e. The van der Waals surface area contributed by atoms with E-state index in [2.05, 4.69) is 10.6 Å². The van der Waals surface area contributed by atoms with Gasteiger partial charge in [0.25, 0.3) is 11.6 Å². The van der Waals surface area contributed by atoms with Crippen LogP contribution in [0.3, 0.4) is 0 Å². The molecule has 0 fully saturated rings. The first kappa shape index (κ1) is 21.3. The number of ether oxygens (including phenoxy) is 1. The Morgan fingerprint density at radius 1 is 1.07 bits per heavy atom. The summed E-state index contributed by atoms with van der Waals surface area (Å²) in [6.07, 6.45) is 0.145. The fraction of sp³-hybridized carbons (Fsp3) is 0.150. The van der Waals surface area contributed by atoms with Crippen LogP contribution >= 0.6 is 0 Å². The molecule has 0 aromatic heterocycles. The van der Waals surface area contributed by atoms with Crippen LogP contribution in [0, 0.1) is 10.1 Å². The molecule has 0 saturated carbocycles. The maximum absolute atomic E-state index is 12.4. The highest BCUT2D eigenvalue weighted by molar-refractivity contribution is 6.01. The SMILES string of the molecule is CC(=O)N/C(=C\c1ccccc1)C(=O)O[C@@H](C)C(=O)Nc1ccccc1[N+](=O)[O-]. The third-order valence-electron chi connectivity index (χ3n) is 3.65. The van der Waals surface area contributed by atoms with Crippen molar-refractivity contribution in [1.29, 1.82) is 0 Å². The van der Waals surface area contributed by atoms with Crippen LogP contribution in [0.15, 0.2) is 60.3 Å². The van der Waals surface area contributed by atoms with Gasteiger partial charge in [0.2, 0.25) is 5.91 Å². The van der Waals surface area contributed by atoms with Crippen molar-refractivity contribution in [1.82, 2.24) is 5.32 Å². The summed E-state index contributed by atoms with van der Waals surface area (Å²) in [4.78, 5) is 46.6. The average molecular weight is 397 g/mol. The maximum Gasteiger partial charge on any atom is 0.355 e. The van der Waals surface area contributed by atoms with Gasteiger partial charge in [0.05, 0.1) is 4.92 Å². The number of nitro benzene ring substituents is 1. The Hall–Kier alpha value is -4.01. The summed E-state index contributed by atoms with van der Waals surface area (Å²) >= 11 is 0. The molecule has 150 valence electrons. The van der Waals surface area contributed by atoms with E-state index < -0.39 is 28.8 Å². The van der Waals surface area contributed by atoms with Gasteiger partial charge in [-0.05, 0) is 24.6 Å². The van der Waals surface area contributed by atoms with Crippen molar-refractivity contribution in [3.05, 3.63) is 76.0 Å². The molecule has 0 aliphatic rings. The fourth-order valence-electron chi connectivity index (χ4n) is 2.30. The van der Waals surface area contributed by atoms with Crippen LogP contribution in [0.1, 0.15) is 19.4 Å². The van der Waals surface area contributed by atoms with Crippen molar-refractivity contribution in [2.45, 2.75) is 20.0 Å². The summed E-state index contributed by atoms with van der Waals surface area (Å²) in [5.41, 5.74) is 0.189. The first-order chi connectivity index (χ1) is 13.8. The lowest BCUT2D eigenvalue weighted by Gasteiger charge is -2.15. The zero-order valence-electron chi connectivity index (χ0n) is 15.7. The van der Waals surface area contributed by atoms with Gasteiger partial charge in [-0.1, -0.05) is 42.5 Å². The lowest BCUT2D eigenvalue weighted by molar-refractivity contribution is -0.383. The van der Waals surface area contributed by atoms with Crippen LogP contribution in [0.4, 0.5) is 11.4 Å². The number of benzene rings is 2. The monoisotopic (exact) mass is 397 g/mol. The van der Waals surface area contributed by atoms with Crippen molar-refractivity contribution < 1.29 is 24.0 Å². The summed E-state index contributed by atoms with van der Waals surface area (Å²) in [5, 5.41) is 15.8. The molecule has 2 aromatic carbocycles. The lowest BCUT2D eigenvalue weighted by Crippen LogP contribution is -2.34. The molecule has 0 aliphatic carbocycles. The van der Waals surface area contributed by atoms with E-state index in [1.165, 1.54) is 44.2 Å². The van der Waals surface area contributed by atoms with Crippen molar-refractivity contribution in [3.63, 3.8) is 0 Å². The number of esters is 1. The van der Waals surface area contributed by atoms with Gasteiger partial charge in [0.15, 0.2) is 6.10 Å². The van der Waals surface area contributed by atoms with Gasteiger partial charge < -0.3 is 15.4 Å². The molecule has 2 aromatic rings. The highest BCUT2D eigenvalue weighted by Crippen LogP contribution is 2.23. The van der Waals surface area contributed by atoms with E-state index in [9.17, 15) is 24.5 Å². The van der Waals surface area contributed by atoms with E-state index in [4.69, 9.17) is 4.74 Å². The minimum Gasteiger partial charge on any atom is -0.448 e. The van der Waals surface area contributed by atoms with Gasteiger partial charge in [-0.15, -0.1) is 0 Å². The molecule has 2 N–H and O–H groups in total. The predicted molar refractivity (Wildman–Crippen MR) is 106 cm³/mol. The standard InChI is InChI=1S/C20H19N3O6/c1-13(19(25)22-16-10-6-7-11-18(16)23(27)28)29-20(26)17(21-14(2)24)12-15-8-4-3-5-9-15/h3-13H,1-2H3,(H,21,24)(H,22,25)/b17-12-/t13-/m0/s1. The van der Waals surface area contributed by atoms with Gasteiger partial charge >= 0.3 is 5.97 Å². The predicted octanol–water partition coefficient (Wildman–Crippen LogP) is 2.64. The number of para-hydroxylation sites is 2. The van der Waals surface area contributed by atoms with E-state index in [0.717, 1.165) is 0 Å². The Morgan fingerprint density at radius 3 is 2.31 bits per heavy atom. The number of anilines is 1. The largest absolute Gasteiger partial charge is 0.448 e. The number of hydrogen-bond acceptors (Lipinski definition) is 6. The number of carbonyl (C=O) groups excluding carboxylic acids is 3. The molecule has 0 unspecified atom stereocenters. The molecule has 0 heterocycles. The Kier molecular flexibility index (Phi) is 7.19. The van der Waals surface area contributed by atoms with Crippen LogP contribution in [0.25, 0.3) is 6.08 Å². The van der Waals surface area contributed by atoms with Crippen molar-refractivity contribution in [2.24, 2.45) is 0 Å². The molecule has 9 heteroatoms. The number of hydrogen-bond donors (Lipinski definition) is 2. The van der Waals surface area contributed by atoms with Crippen LogP contribution in [0.2, 0.25) is 0 Å². The Labute approximate surface area is 166 Å². The third kappa shape index (κ3) is 6.28. The number of amides is 2. The highest BCUT2D eigenvalue weighted by atomic mass is 16.6. The zero-order chi connectivity index (χ0) is 21.4. The first-order valence-electron chi connectivity index (χ1n) is 8.57. The molecule has 0 bridgehead atoms. The molecule has 1 atom stereocenters. The molecule has 29 heavy (non-hydrogen) atoms. The molecule has 2 amide bonds. The lowest BCUT2D eigenvalue weighted by atomic mass is 10.2. The van der Waals surface area contributed by atoms with Gasteiger partial charge in [-0.25, -0.2) is 4.79 Å². The summed E-state index contributed by atoms with van der Waals surface area (Å²) in [7, 11) is 0. The molecule has 9 nitrogen and oxygen atoms in total. The fourth-order valence-corrected chi connectivity index (χ4v) is 2.30. The quantitative estimate of drug-likeness (QED) is 0.320. The van der Waals surface area contributed by atoms with Crippen LogP contribution < -0.4 is 10.6 Å². The topological polar surface area (TPSA) is 128 Å². The van der Waals surface area contributed by atoms with Crippen LogP contribution in [-0.2, 0) is 19.1 Å². The summed E-state index contributed by atoms with van der Waals surface area (Å²) in [5.74, 6) is -2.16. The third-order valence-corrected chi connectivity index (χ3v) is 3.65. The second-order valence-electron chi connectivity index (χ2n) is 5.96. The number of carbonyl (C=O) groups is 3.